The van der Waals surface area contributed by atoms with Gasteiger partial charge in [-0.2, -0.15) is 0 Å². The third-order valence-electron chi connectivity index (χ3n) is 3.55. The third-order valence-corrected chi connectivity index (χ3v) is 4.66. The van der Waals surface area contributed by atoms with Crippen molar-refractivity contribution in [3.05, 3.63) is 16.1 Å². The second-order valence-corrected chi connectivity index (χ2v) is 6.04. The van der Waals surface area contributed by atoms with Gasteiger partial charge in [0.25, 0.3) is 0 Å². The van der Waals surface area contributed by atoms with Crippen LogP contribution in [0.5, 0.6) is 0 Å². The molecule has 3 nitrogen and oxygen atoms in total. The molecule has 0 saturated heterocycles. The molecule has 1 aromatic rings. The van der Waals surface area contributed by atoms with E-state index in [4.69, 9.17) is 15.5 Å². The molecule has 0 fully saturated rings. The van der Waals surface area contributed by atoms with Crippen molar-refractivity contribution in [3.63, 3.8) is 0 Å². The highest BCUT2D eigenvalue weighted by Crippen LogP contribution is 2.34. The molecule has 4 heteroatoms. The summed E-state index contributed by atoms with van der Waals surface area (Å²) in [7, 11) is 0. The lowest BCUT2D eigenvalue weighted by Gasteiger charge is -2.25. The monoisotopic (exact) mass is 270 g/mol. The smallest absolute Gasteiger partial charge is 0.125 e. The molecular formula is C14H26N2OS. The van der Waals surface area contributed by atoms with Crippen molar-refractivity contribution in [2.75, 3.05) is 13.2 Å². The van der Waals surface area contributed by atoms with E-state index in [2.05, 4.69) is 33.1 Å². The summed E-state index contributed by atoms with van der Waals surface area (Å²) in [4.78, 5) is 4.78. The van der Waals surface area contributed by atoms with Crippen molar-refractivity contribution in [2.24, 2.45) is 11.7 Å². The molecule has 2 atom stereocenters. The Morgan fingerprint density at radius 3 is 2.56 bits per heavy atom. The Morgan fingerprint density at radius 2 is 2.11 bits per heavy atom. The minimum atomic E-state index is -0.256. The summed E-state index contributed by atoms with van der Waals surface area (Å²) in [6.45, 7) is 12.0. The van der Waals surface area contributed by atoms with Crippen LogP contribution in [0.4, 0.5) is 0 Å². The quantitative estimate of drug-likeness (QED) is 0.825. The van der Waals surface area contributed by atoms with Gasteiger partial charge in [0.05, 0.1) is 5.69 Å². The van der Waals surface area contributed by atoms with E-state index in [0.29, 0.717) is 25.0 Å². The summed E-state index contributed by atoms with van der Waals surface area (Å²) < 4.78 is 5.87. The molecule has 18 heavy (non-hydrogen) atoms. The number of aromatic nitrogens is 1. The van der Waals surface area contributed by atoms with Gasteiger partial charge in [-0.05, 0) is 26.2 Å². The second kappa shape index (κ2) is 6.64. The van der Waals surface area contributed by atoms with Gasteiger partial charge in [-0.15, -0.1) is 11.3 Å². The van der Waals surface area contributed by atoms with Gasteiger partial charge in [0.2, 0.25) is 0 Å². The zero-order chi connectivity index (χ0) is 13.8. The number of nitrogens with two attached hydrogens (primary N) is 1. The zero-order valence-corrected chi connectivity index (χ0v) is 13.0. The maximum atomic E-state index is 5.87. The van der Waals surface area contributed by atoms with E-state index >= 15 is 0 Å². The Kier molecular flexibility index (Phi) is 5.76. The van der Waals surface area contributed by atoms with Crippen molar-refractivity contribution >= 4 is 11.3 Å². The zero-order valence-electron chi connectivity index (χ0n) is 12.2. The molecule has 0 radical (unpaired) electrons. The van der Waals surface area contributed by atoms with E-state index in [1.807, 2.05) is 6.92 Å². The normalized spacial score (nSPS) is 16.8. The molecule has 0 amide bonds. The fraction of sp³-hybridized carbons (Fsp3) is 0.786. The third kappa shape index (κ3) is 3.31. The number of thiazole rings is 1. The van der Waals surface area contributed by atoms with Crippen LogP contribution in [-0.4, -0.2) is 18.1 Å². The van der Waals surface area contributed by atoms with Crippen LogP contribution in [0.3, 0.4) is 0 Å². The van der Waals surface area contributed by atoms with Gasteiger partial charge < -0.3 is 10.5 Å². The predicted octanol–water partition coefficient (Wildman–Crippen LogP) is 3.50. The van der Waals surface area contributed by atoms with Crippen LogP contribution < -0.4 is 5.73 Å². The maximum absolute atomic E-state index is 5.87. The van der Waals surface area contributed by atoms with E-state index in [9.17, 15) is 0 Å². The second-order valence-electron chi connectivity index (χ2n) is 5.18. The largest absolute Gasteiger partial charge is 0.368 e. The van der Waals surface area contributed by atoms with Crippen LogP contribution in [0, 0.1) is 5.92 Å². The van der Waals surface area contributed by atoms with Crippen molar-refractivity contribution in [3.8, 4) is 0 Å². The van der Waals surface area contributed by atoms with Gasteiger partial charge >= 0.3 is 0 Å². The summed E-state index contributed by atoms with van der Waals surface area (Å²) in [5.74, 6) is 0.864. The lowest BCUT2D eigenvalue weighted by atomic mass is 9.93. The van der Waals surface area contributed by atoms with E-state index in [1.165, 1.54) is 0 Å². The summed E-state index contributed by atoms with van der Waals surface area (Å²) in [5, 5.41) is 3.21. The van der Waals surface area contributed by atoms with Crippen molar-refractivity contribution in [2.45, 2.75) is 52.6 Å². The first kappa shape index (κ1) is 15.6. The average Bonchev–Trinajstić information content (AvgIpc) is 2.79. The van der Waals surface area contributed by atoms with Gasteiger partial charge in [0, 0.05) is 24.4 Å². The van der Waals surface area contributed by atoms with Gasteiger partial charge in [0.15, 0.2) is 0 Å². The Balaban J connectivity index is 2.97. The summed E-state index contributed by atoms with van der Waals surface area (Å²) in [6.07, 6.45) is 0.933. The fourth-order valence-electron chi connectivity index (χ4n) is 2.07. The summed E-state index contributed by atoms with van der Waals surface area (Å²) in [6, 6.07) is 0. The molecule has 2 unspecified atom stereocenters. The highest BCUT2D eigenvalue weighted by Gasteiger charge is 2.29. The van der Waals surface area contributed by atoms with Crippen LogP contribution >= 0.6 is 11.3 Å². The van der Waals surface area contributed by atoms with E-state index < -0.39 is 0 Å². The first-order valence-corrected chi connectivity index (χ1v) is 7.66. The predicted molar refractivity (Wildman–Crippen MR) is 78.0 cm³/mol. The molecule has 1 heterocycles. The maximum Gasteiger partial charge on any atom is 0.125 e. The van der Waals surface area contributed by atoms with Crippen molar-refractivity contribution < 1.29 is 4.74 Å². The van der Waals surface area contributed by atoms with Crippen molar-refractivity contribution in [1.82, 2.24) is 4.98 Å². The Labute approximate surface area is 115 Å². The topological polar surface area (TPSA) is 48.1 Å². The summed E-state index contributed by atoms with van der Waals surface area (Å²) in [5.41, 5.74) is 6.71. The van der Waals surface area contributed by atoms with Gasteiger partial charge in [-0.3, -0.25) is 0 Å². The molecular weight excluding hydrogens is 244 g/mol. The average molecular weight is 270 g/mol. The van der Waals surface area contributed by atoms with Crippen LogP contribution in [-0.2, 0) is 10.3 Å². The molecule has 104 valence electrons. The number of rotatable bonds is 7. The van der Waals surface area contributed by atoms with E-state index in [-0.39, 0.29) is 5.60 Å². The molecule has 0 spiro atoms. The number of ether oxygens (including phenoxy) is 1. The van der Waals surface area contributed by atoms with Crippen molar-refractivity contribution in [1.29, 1.82) is 0 Å². The number of nitrogens with zero attached hydrogens (tertiary/aromatic N) is 1. The molecule has 0 aromatic carbocycles. The first-order valence-electron chi connectivity index (χ1n) is 6.78. The molecule has 1 rings (SSSR count). The minimum Gasteiger partial charge on any atom is -0.368 e. The molecule has 0 bridgehead atoms. The van der Waals surface area contributed by atoms with Crippen LogP contribution in [0.15, 0.2) is 5.38 Å². The molecule has 0 aliphatic carbocycles. The lowest BCUT2D eigenvalue weighted by Crippen LogP contribution is -2.25. The standard InChI is InChI=1S/C14H26N2OS/c1-6-14(5,17-7-2)13-16-12(9-18-13)11(8-15)10(3)4/h9-11H,6-8,15H2,1-5H3. The number of hydrogen-bond acceptors (Lipinski definition) is 4. The van der Waals surface area contributed by atoms with E-state index in [0.717, 1.165) is 17.1 Å². The SMILES string of the molecule is CCOC(C)(CC)c1nc(C(CN)C(C)C)cs1. The van der Waals surface area contributed by atoms with Gasteiger partial charge in [0.1, 0.15) is 10.6 Å². The molecule has 2 N–H and O–H groups in total. The first-order chi connectivity index (χ1) is 8.48. The highest BCUT2D eigenvalue weighted by molar-refractivity contribution is 7.09. The molecule has 0 aliphatic heterocycles. The molecule has 0 saturated carbocycles. The fourth-order valence-corrected chi connectivity index (χ4v) is 3.14. The Morgan fingerprint density at radius 1 is 1.44 bits per heavy atom. The van der Waals surface area contributed by atoms with Gasteiger partial charge in [-0.1, -0.05) is 20.8 Å². The molecule has 1 aromatic heterocycles. The van der Waals surface area contributed by atoms with Gasteiger partial charge in [-0.25, -0.2) is 4.98 Å². The van der Waals surface area contributed by atoms with Crippen LogP contribution in [0.2, 0.25) is 0 Å². The summed E-state index contributed by atoms with van der Waals surface area (Å²) >= 11 is 1.69. The highest BCUT2D eigenvalue weighted by atomic mass is 32.1. The number of hydrogen-bond donors (Lipinski definition) is 1. The Bertz CT molecular complexity index is 364. The van der Waals surface area contributed by atoms with Crippen LogP contribution in [0.25, 0.3) is 0 Å². The lowest BCUT2D eigenvalue weighted by molar-refractivity contribution is -0.0325. The molecule has 0 aliphatic rings. The Hall–Kier alpha value is -0.450. The van der Waals surface area contributed by atoms with Crippen LogP contribution in [0.1, 0.15) is 57.7 Å². The van der Waals surface area contributed by atoms with E-state index in [1.54, 1.807) is 11.3 Å². The minimum absolute atomic E-state index is 0.256.